The van der Waals surface area contributed by atoms with Gasteiger partial charge < -0.3 is 0 Å². The second kappa shape index (κ2) is 7.79. The molecule has 0 bridgehead atoms. The number of halogens is 2. The SMILES string of the molecule is Cl.Cl.[Hf][c]1ccccc1C1=CC=C(C2=Cc3ccccc3C2)C1. The summed E-state index contributed by atoms with van der Waals surface area (Å²) in [7, 11) is 0. The van der Waals surface area contributed by atoms with Crippen LogP contribution in [0.4, 0.5) is 0 Å². The zero-order chi connectivity index (χ0) is 14.2. The van der Waals surface area contributed by atoms with Crippen molar-refractivity contribution in [3.63, 3.8) is 0 Å². The van der Waals surface area contributed by atoms with E-state index >= 15 is 0 Å². The van der Waals surface area contributed by atoms with Gasteiger partial charge in [0.1, 0.15) is 0 Å². The minimum absolute atomic E-state index is 0. The maximum atomic E-state index is 2.37. The molecular weight excluding hydrogens is 490 g/mol. The summed E-state index contributed by atoms with van der Waals surface area (Å²) < 4.78 is 1.50. The van der Waals surface area contributed by atoms with E-state index in [0.29, 0.717) is 0 Å². The number of hydrogen-bond acceptors (Lipinski definition) is 0. The molecule has 0 fully saturated rings. The Morgan fingerprint density at radius 1 is 0.696 bits per heavy atom. The van der Waals surface area contributed by atoms with Gasteiger partial charge in [0, 0.05) is 0 Å². The predicted molar refractivity (Wildman–Crippen MR) is 99.4 cm³/mol. The average molecular weight is 507 g/mol. The molecule has 0 nitrogen and oxygen atoms in total. The van der Waals surface area contributed by atoms with Crippen LogP contribution in [0.3, 0.4) is 0 Å². The van der Waals surface area contributed by atoms with Crippen molar-refractivity contribution < 1.29 is 24.4 Å². The van der Waals surface area contributed by atoms with Gasteiger partial charge in [0.25, 0.3) is 0 Å². The van der Waals surface area contributed by atoms with Crippen LogP contribution < -0.4 is 3.32 Å². The first-order chi connectivity index (χ1) is 10.3. The molecule has 0 aromatic heterocycles. The number of fused-ring (bicyclic) bond motifs is 1. The van der Waals surface area contributed by atoms with Gasteiger partial charge in [0.2, 0.25) is 0 Å². The Labute approximate surface area is 164 Å². The Kier molecular flexibility index (Phi) is 6.25. The number of allylic oxidation sites excluding steroid dienone is 5. The van der Waals surface area contributed by atoms with E-state index in [0.717, 1.165) is 37.2 Å². The van der Waals surface area contributed by atoms with Crippen molar-refractivity contribution in [2.75, 3.05) is 0 Å². The summed E-state index contributed by atoms with van der Waals surface area (Å²) in [5.41, 5.74) is 8.77. The molecule has 2 aliphatic rings. The molecule has 0 atom stereocenters. The van der Waals surface area contributed by atoms with Crippen molar-refractivity contribution in [1.82, 2.24) is 0 Å². The van der Waals surface area contributed by atoms with Crippen molar-refractivity contribution in [3.05, 3.63) is 88.5 Å². The molecule has 0 amide bonds. The van der Waals surface area contributed by atoms with Gasteiger partial charge in [0.15, 0.2) is 0 Å². The van der Waals surface area contributed by atoms with E-state index in [1.54, 1.807) is 0 Å². The van der Waals surface area contributed by atoms with E-state index in [1.807, 2.05) is 0 Å². The number of rotatable bonds is 2. The molecule has 2 aromatic carbocycles. The van der Waals surface area contributed by atoms with Crippen LogP contribution in [-0.2, 0) is 30.8 Å². The Morgan fingerprint density at radius 2 is 1.39 bits per heavy atom. The molecule has 0 radical (unpaired) electrons. The third kappa shape index (κ3) is 3.63. The molecule has 0 spiro atoms. The fourth-order valence-electron chi connectivity index (χ4n) is 3.18. The summed E-state index contributed by atoms with van der Waals surface area (Å²) in [5, 5.41) is 0. The maximum absolute atomic E-state index is 2.37. The van der Waals surface area contributed by atoms with Crippen LogP contribution in [0.15, 0.2) is 71.8 Å². The van der Waals surface area contributed by atoms with Gasteiger partial charge >= 0.3 is 141 Å². The Morgan fingerprint density at radius 3 is 2.17 bits per heavy atom. The Hall–Kier alpha value is -0.890. The van der Waals surface area contributed by atoms with Crippen molar-refractivity contribution in [3.8, 4) is 0 Å². The molecule has 4 rings (SSSR count). The average Bonchev–Trinajstić information content (AvgIpc) is 3.14. The van der Waals surface area contributed by atoms with Gasteiger partial charge in [-0.25, -0.2) is 0 Å². The summed E-state index contributed by atoms with van der Waals surface area (Å²) in [6.07, 6.45) is 9.17. The van der Waals surface area contributed by atoms with Crippen LogP contribution in [0.5, 0.6) is 0 Å². The first-order valence-electron chi connectivity index (χ1n) is 7.31. The molecule has 2 aromatic rings. The normalized spacial score (nSPS) is 14.8. The summed E-state index contributed by atoms with van der Waals surface area (Å²) >= 11 is 1.11. The van der Waals surface area contributed by atoms with Gasteiger partial charge in [-0.05, 0) is 0 Å². The van der Waals surface area contributed by atoms with Gasteiger partial charge in [-0.2, -0.15) is 0 Å². The number of benzene rings is 2. The topological polar surface area (TPSA) is 0 Å². The molecule has 3 heteroatoms. The van der Waals surface area contributed by atoms with Crippen LogP contribution in [0.2, 0.25) is 0 Å². The first-order valence-corrected chi connectivity index (χ1v) is 9.10. The molecule has 115 valence electrons. The molecule has 0 unspecified atom stereocenters. The standard InChI is InChI=1S/C20H15.2ClH.Hf/c1-2-6-15(7-3-1)18-10-11-19(12-18)20-13-16-8-4-5-9-17(16)14-20;;;/h1-6,8-11,13H,12,14H2;2*1H;. The van der Waals surface area contributed by atoms with Crippen LogP contribution in [0.25, 0.3) is 11.6 Å². The fraction of sp³-hybridized carbons (Fsp3) is 0.100. The zero-order valence-electron chi connectivity index (χ0n) is 12.6. The minimum atomic E-state index is 0. The monoisotopic (exact) mass is 507 g/mol. The molecule has 0 saturated heterocycles. The molecule has 23 heavy (non-hydrogen) atoms. The molecular formula is C20H17Cl2Hf. The van der Waals surface area contributed by atoms with E-state index in [9.17, 15) is 0 Å². The third-order valence-electron chi connectivity index (χ3n) is 4.32. The van der Waals surface area contributed by atoms with E-state index in [-0.39, 0.29) is 24.8 Å². The zero-order valence-corrected chi connectivity index (χ0v) is 17.8. The van der Waals surface area contributed by atoms with E-state index < -0.39 is 0 Å². The molecule has 0 heterocycles. The molecule has 0 saturated carbocycles. The Bertz CT molecular complexity index is 816. The third-order valence-corrected chi connectivity index (χ3v) is 5.88. The van der Waals surface area contributed by atoms with E-state index in [2.05, 4.69) is 66.8 Å². The van der Waals surface area contributed by atoms with Crippen LogP contribution >= 0.6 is 24.8 Å². The van der Waals surface area contributed by atoms with Gasteiger partial charge in [-0.3, -0.25) is 0 Å². The van der Waals surface area contributed by atoms with Crippen molar-refractivity contribution in [2.45, 2.75) is 12.8 Å². The second-order valence-electron chi connectivity index (χ2n) is 5.65. The second-order valence-corrected chi connectivity index (χ2v) is 7.59. The van der Waals surface area contributed by atoms with E-state index in [1.165, 1.54) is 36.7 Å². The van der Waals surface area contributed by atoms with E-state index in [4.69, 9.17) is 0 Å². The van der Waals surface area contributed by atoms with Crippen LogP contribution in [-0.4, -0.2) is 0 Å². The van der Waals surface area contributed by atoms with Crippen LogP contribution in [0, 0.1) is 0 Å². The van der Waals surface area contributed by atoms with Crippen molar-refractivity contribution in [2.24, 2.45) is 0 Å². The molecule has 2 aliphatic carbocycles. The molecule has 0 N–H and O–H groups in total. The summed E-state index contributed by atoms with van der Waals surface area (Å²) in [4.78, 5) is 0. The van der Waals surface area contributed by atoms with Crippen molar-refractivity contribution >= 4 is 39.8 Å². The Balaban J connectivity index is 0.000000960. The van der Waals surface area contributed by atoms with Gasteiger partial charge in [-0.15, -0.1) is 24.8 Å². The quantitative estimate of drug-likeness (QED) is 0.500. The summed E-state index contributed by atoms with van der Waals surface area (Å²) in [6.45, 7) is 0. The molecule has 0 aliphatic heterocycles. The first kappa shape index (κ1) is 18.4. The van der Waals surface area contributed by atoms with Crippen LogP contribution in [0.1, 0.15) is 23.1 Å². The summed E-state index contributed by atoms with van der Waals surface area (Å²) in [6, 6.07) is 17.6. The van der Waals surface area contributed by atoms with Crippen molar-refractivity contribution in [1.29, 1.82) is 0 Å². The van der Waals surface area contributed by atoms with Gasteiger partial charge in [-0.1, -0.05) is 0 Å². The number of hydrogen-bond donors (Lipinski definition) is 0. The van der Waals surface area contributed by atoms with Gasteiger partial charge in [0.05, 0.1) is 0 Å². The predicted octanol–water partition coefficient (Wildman–Crippen LogP) is 5.06. The fourth-order valence-corrected chi connectivity index (χ4v) is 4.40. The summed E-state index contributed by atoms with van der Waals surface area (Å²) in [5.74, 6) is 0.